The van der Waals surface area contributed by atoms with E-state index in [0.29, 0.717) is 9.90 Å². The number of carbonyl (C=O) groups excluding carboxylic acids is 1. The lowest BCUT2D eigenvalue weighted by atomic mass is 10.2. The highest BCUT2D eigenvalue weighted by Crippen LogP contribution is 2.35. The molecular formula is C17H14ClNO5S2. The van der Waals surface area contributed by atoms with Crippen LogP contribution < -0.4 is 9.88 Å². The summed E-state index contributed by atoms with van der Waals surface area (Å²) >= 11 is 7.75. The minimum Gasteiger partial charge on any atom is -0.495 e. The van der Waals surface area contributed by atoms with Crippen molar-refractivity contribution in [2.24, 2.45) is 5.14 Å². The molecule has 0 aliphatic rings. The zero-order chi connectivity index (χ0) is 18.9. The van der Waals surface area contributed by atoms with E-state index < -0.39 is 16.0 Å². The molecule has 2 N–H and O–H groups in total. The molecule has 0 spiro atoms. The fraction of sp³-hybridized carbons (Fsp3) is 0.118. The highest BCUT2D eigenvalue weighted by Gasteiger charge is 2.19. The number of methoxy groups -OCH3 is 1. The average Bonchev–Trinajstić information content (AvgIpc) is 2.94. The van der Waals surface area contributed by atoms with Gasteiger partial charge in [-0.2, -0.15) is 0 Å². The number of ether oxygens (including phenoxy) is 2. The van der Waals surface area contributed by atoms with E-state index in [2.05, 4.69) is 0 Å². The number of hydrogen-bond donors (Lipinski definition) is 1. The molecule has 0 saturated heterocycles. The first-order chi connectivity index (χ1) is 12.3. The molecule has 0 saturated carbocycles. The molecule has 0 aliphatic carbocycles. The fourth-order valence-electron chi connectivity index (χ4n) is 2.40. The molecule has 0 radical (unpaired) electrons. The predicted molar refractivity (Wildman–Crippen MR) is 100 cm³/mol. The predicted octanol–water partition coefficient (Wildman–Crippen LogP) is 3.57. The molecule has 6 nitrogen and oxygen atoms in total. The number of benzene rings is 2. The molecule has 0 atom stereocenters. The summed E-state index contributed by atoms with van der Waals surface area (Å²) in [5.41, 5.74) is 0.0482. The minimum atomic E-state index is -4.04. The van der Waals surface area contributed by atoms with E-state index in [4.69, 9.17) is 26.2 Å². The molecule has 136 valence electrons. The van der Waals surface area contributed by atoms with Gasteiger partial charge in [0.25, 0.3) is 0 Å². The molecule has 1 aromatic heterocycles. The van der Waals surface area contributed by atoms with Crippen molar-refractivity contribution in [3.63, 3.8) is 0 Å². The number of carbonyl (C=O) groups is 1. The number of fused-ring (bicyclic) bond motifs is 1. The van der Waals surface area contributed by atoms with Gasteiger partial charge in [-0.25, -0.2) is 18.4 Å². The van der Waals surface area contributed by atoms with E-state index >= 15 is 0 Å². The van der Waals surface area contributed by atoms with Crippen molar-refractivity contribution >= 4 is 49.0 Å². The van der Waals surface area contributed by atoms with Crippen LogP contribution in [0.4, 0.5) is 0 Å². The number of halogens is 1. The van der Waals surface area contributed by atoms with Crippen LogP contribution in [0, 0.1) is 0 Å². The first-order valence-corrected chi connectivity index (χ1v) is 10.1. The Hall–Kier alpha value is -2.13. The maximum Gasteiger partial charge on any atom is 0.338 e. The summed E-state index contributed by atoms with van der Waals surface area (Å²) in [6, 6.07) is 11.5. The average molecular weight is 412 g/mol. The fourth-order valence-corrected chi connectivity index (χ4v) is 4.52. The maximum atomic E-state index is 12.3. The van der Waals surface area contributed by atoms with Crippen LogP contribution in [0.1, 0.15) is 15.2 Å². The molecule has 0 aliphatic heterocycles. The van der Waals surface area contributed by atoms with E-state index in [9.17, 15) is 13.2 Å². The zero-order valence-electron chi connectivity index (χ0n) is 13.6. The molecule has 9 heteroatoms. The van der Waals surface area contributed by atoms with Crippen LogP contribution >= 0.6 is 22.9 Å². The smallest absolute Gasteiger partial charge is 0.338 e. The Morgan fingerprint density at radius 3 is 2.62 bits per heavy atom. The van der Waals surface area contributed by atoms with Crippen molar-refractivity contribution in [2.75, 3.05) is 7.11 Å². The molecule has 26 heavy (non-hydrogen) atoms. The molecule has 0 amide bonds. The molecule has 1 heterocycles. The quantitative estimate of drug-likeness (QED) is 0.647. The lowest BCUT2D eigenvalue weighted by Crippen LogP contribution is -2.15. The highest BCUT2D eigenvalue weighted by molar-refractivity contribution is 7.89. The van der Waals surface area contributed by atoms with Crippen molar-refractivity contribution in [3.05, 3.63) is 57.9 Å². The van der Waals surface area contributed by atoms with Gasteiger partial charge in [-0.15, -0.1) is 11.3 Å². The zero-order valence-corrected chi connectivity index (χ0v) is 16.0. The van der Waals surface area contributed by atoms with Gasteiger partial charge < -0.3 is 9.47 Å². The van der Waals surface area contributed by atoms with Gasteiger partial charge in [0.2, 0.25) is 10.0 Å². The van der Waals surface area contributed by atoms with Gasteiger partial charge in [0.15, 0.2) is 0 Å². The van der Waals surface area contributed by atoms with E-state index in [-0.39, 0.29) is 22.8 Å². The third-order valence-corrected chi connectivity index (χ3v) is 6.26. The van der Waals surface area contributed by atoms with E-state index in [1.807, 2.05) is 24.3 Å². The number of thiophene rings is 1. The topological polar surface area (TPSA) is 95.7 Å². The summed E-state index contributed by atoms with van der Waals surface area (Å²) in [5, 5.41) is 6.59. The number of primary sulfonamides is 1. The Balaban J connectivity index is 1.83. The first-order valence-electron chi connectivity index (χ1n) is 7.35. The molecule has 0 fully saturated rings. The summed E-state index contributed by atoms with van der Waals surface area (Å²) in [7, 11) is -2.73. The second kappa shape index (κ2) is 7.24. The molecule has 0 unspecified atom stereocenters. The van der Waals surface area contributed by atoms with Gasteiger partial charge in [0.1, 0.15) is 17.3 Å². The van der Waals surface area contributed by atoms with Crippen LogP contribution in [0.2, 0.25) is 5.02 Å². The Morgan fingerprint density at radius 2 is 1.96 bits per heavy atom. The van der Waals surface area contributed by atoms with Crippen LogP contribution in [0.25, 0.3) is 10.1 Å². The van der Waals surface area contributed by atoms with Gasteiger partial charge in [0.05, 0.1) is 22.6 Å². The van der Waals surface area contributed by atoms with Crippen LogP contribution in [0.3, 0.4) is 0 Å². The summed E-state index contributed by atoms with van der Waals surface area (Å²) in [5.74, 6) is -0.636. The van der Waals surface area contributed by atoms with Crippen LogP contribution in [-0.2, 0) is 21.4 Å². The van der Waals surface area contributed by atoms with Crippen molar-refractivity contribution in [1.29, 1.82) is 0 Å². The molecule has 3 rings (SSSR count). The molecule has 3 aromatic rings. The second-order valence-corrected chi connectivity index (χ2v) is 8.37. The SMILES string of the molecule is COc1ccc(C(=O)OCc2sc3ccccc3c2Cl)cc1S(N)(=O)=O. The number of hydrogen-bond acceptors (Lipinski definition) is 6. The largest absolute Gasteiger partial charge is 0.495 e. The Kier molecular flexibility index (Phi) is 5.19. The van der Waals surface area contributed by atoms with Crippen LogP contribution in [0.5, 0.6) is 5.75 Å². The van der Waals surface area contributed by atoms with Crippen LogP contribution in [0.15, 0.2) is 47.4 Å². The lowest BCUT2D eigenvalue weighted by molar-refractivity contribution is 0.0476. The number of nitrogens with two attached hydrogens (primary N) is 1. The normalized spacial score (nSPS) is 11.5. The maximum absolute atomic E-state index is 12.3. The Labute approximate surface area is 159 Å². The number of sulfonamides is 1. The summed E-state index contributed by atoms with van der Waals surface area (Å²) < 4.78 is 34.5. The number of esters is 1. The third kappa shape index (κ3) is 3.68. The van der Waals surface area contributed by atoms with Gasteiger partial charge in [-0.1, -0.05) is 29.8 Å². The van der Waals surface area contributed by atoms with Crippen molar-refractivity contribution < 1.29 is 22.7 Å². The van der Waals surface area contributed by atoms with Crippen molar-refractivity contribution in [2.45, 2.75) is 11.5 Å². The number of rotatable bonds is 5. The van der Waals surface area contributed by atoms with E-state index in [0.717, 1.165) is 16.2 Å². The van der Waals surface area contributed by atoms with Gasteiger partial charge in [-0.05, 0) is 24.3 Å². The highest BCUT2D eigenvalue weighted by atomic mass is 35.5. The van der Waals surface area contributed by atoms with Gasteiger partial charge >= 0.3 is 5.97 Å². The van der Waals surface area contributed by atoms with Gasteiger partial charge in [-0.3, -0.25) is 0 Å². The molecular weight excluding hydrogens is 398 g/mol. The lowest BCUT2D eigenvalue weighted by Gasteiger charge is -2.09. The molecule has 2 aromatic carbocycles. The first kappa shape index (κ1) is 18.7. The molecule has 0 bridgehead atoms. The Morgan fingerprint density at radius 1 is 1.23 bits per heavy atom. The summed E-state index contributed by atoms with van der Waals surface area (Å²) in [6.07, 6.45) is 0. The van der Waals surface area contributed by atoms with Gasteiger partial charge in [0, 0.05) is 10.1 Å². The second-order valence-electron chi connectivity index (χ2n) is 5.32. The van der Waals surface area contributed by atoms with Crippen molar-refractivity contribution in [1.82, 2.24) is 0 Å². The third-order valence-electron chi connectivity index (χ3n) is 3.64. The van der Waals surface area contributed by atoms with Crippen LogP contribution in [-0.4, -0.2) is 21.5 Å². The standard InChI is InChI=1S/C17H14ClNO5S2/c1-23-12-7-6-10(8-15(12)26(19,21)22)17(20)24-9-14-16(18)11-4-2-3-5-13(11)25-14/h2-8H,9H2,1H3,(H2,19,21,22). The Bertz CT molecular complexity index is 1090. The van der Waals surface area contributed by atoms with E-state index in [1.54, 1.807) is 0 Å². The monoisotopic (exact) mass is 411 g/mol. The van der Waals surface area contributed by atoms with E-state index in [1.165, 1.54) is 30.6 Å². The minimum absolute atomic E-state index is 0.0201. The van der Waals surface area contributed by atoms with Crippen molar-refractivity contribution in [3.8, 4) is 5.75 Å². The summed E-state index contributed by atoms with van der Waals surface area (Å²) in [4.78, 5) is 12.7. The summed E-state index contributed by atoms with van der Waals surface area (Å²) in [6.45, 7) is -0.0201.